The Morgan fingerprint density at radius 3 is 2.67 bits per heavy atom. The third-order valence-electron chi connectivity index (χ3n) is 4.25. The molecule has 130 valence electrons. The van der Waals surface area contributed by atoms with Crippen LogP contribution < -0.4 is 0 Å². The Morgan fingerprint density at radius 1 is 1.29 bits per heavy atom. The van der Waals surface area contributed by atoms with Crippen molar-refractivity contribution < 1.29 is 12.9 Å². The molecule has 3 rings (SSSR count). The summed E-state index contributed by atoms with van der Waals surface area (Å²) >= 11 is 0. The van der Waals surface area contributed by atoms with Crippen molar-refractivity contribution in [3.8, 4) is 11.3 Å². The van der Waals surface area contributed by atoms with Crippen LogP contribution in [0.4, 0.5) is 0 Å². The fraction of sp³-hybridized carbons (Fsp3) is 0.533. The molecular formula is C15H21N5O3S. The molecule has 3 heterocycles. The van der Waals surface area contributed by atoms with Crippen molar-refractivity contribution in [1.82, 2.24) is 23.7 Å². The van der Waals surface area contributed by atoms with E-state index in [4.69, 9.17) is 4.52 Å². The van der Waals surface area contributed by atoms with Crippen LogP contribution in [0.25, 0.3) is 11.3 Å². The summed E-state index contributed by atoms with van der Waals surface area (Å²) in [6, 6.07) is -0.301. The molecule has 0 saturated carbocycles. The number of hydrogen-bond donors (Lipinski definition) is 0. The number of aromatic nitrogens is 3. The third-order valence-corrected chi connectivity index (χ3v) is 6.20. The standard InChI is InChI=1S/C15H21N5O3S/c1-10-15(11(2)23-18-10)13-9-16-8-12(17-13)14-6-5-7-20(14)24(21,22)19(3)4/h8-9,14H,5-7H2,1-4H3. The minimum Gasteiger partial charge on any atom is -0.361 e. The van der Waals surface area contributed by atoms with Crippen molar-refractivity contribution in [2.45, 2.75) is 32.7 Å². The average molecular weight is 351 g/mol. The molecule has 24 heavy (non-hydrogen) atoms. The quantitative estimate of drug-likeness (QED) is 0.832. The predicted octanol–water partition coefficient (Wildman–Crippen LogP) is 1.69. The molecule has 8 nitrogen and oxygen atoms in total. The number of rotatable bonds is 4. The molecule has 0 aliphatic carbocycles. The summed E-state index contributed by atoms with van der Waals surface area (Å²) in [5.74, 6) is 0.670. The molecule has 0 radical (unpaired) electrons. The minimum atomic E-state index is -3.49. The summed E-state index contributed by atoms with van der Waals surface area (Å²) in [7, 11) is -0.412. The molecule has 1 aliphatic rings. The average Bonchev–Trinajstić information content (AvgIpc) is 3.15. The van der Waals surface area contributed by atoms with Crippen molar-refractivity contribution in [3.05, 3.63) is 29.5 Å². The number of aryl methyl sites for hydroxylation is 2. The monoisotopic (exact) mass is 351 g/mol. The zero-order chi connectivity index (χ0) is 17.5. The summed E-state index contributed by atoms with van der Waals surface area (Å²) < 4.78 is 33.0. The van der Waals surface area contributed by atoms with Gasteiger partial charge in [-0.15, -0.1) is 0 Å². The fourth-order valence-corrected chi connectivity index (χ4v) is 4.35. The van der Waals surface area contributed by atoms with E-state index in [1.165, 1.54) is 22.7 Å². The van der Waals surface area contributed by atoms with Gasteiger partial charge in [0, 0.05) is 20.6 Å². The van der Waals surface area contributed by atoms with E-state index in [-0.39, 0.29) is 6.04 Å². The summed E-state index contributed by atoms with van der Waals surface area (Å²) in [5, 5.41) is 3.94. The molecule has 1 atom stereocenters. The predicted molar refractivity (Wildman–Crippen MR) is 88.3 cm³/mol. The molecule has 0 N–H and O–H groups in total. The van der Waals surface area contributed by atoms with E-state index in [1.54, 1.807) is 12.4 Å². The Hall–Kier alpha value is -1.84. The van der Waals surface area contributed by atoms with Crippen molar-refractivity contribution in [2.75, 3.05) is 20.6 Å². The molecular weight excluding hydrogens is 330 g/mol. The molecule has 2 aromatic heterocycles. The summed E-state index contributed by atoms with van der Waals surface area (Å²) in [6.07, 6.45) is 4.81. The van der Waals surface area contributed by atoms with Crippen LogP contribution in [0.15, 0.2) is 16.9 Å². The summed E-state index contributed by atoms with van der Waals surface area (Å²) in [4.78, 5) is 8.92. The lowest BCUT2D eigenvalue weighted by molar-refractivity contribution is 0.357. The first-order chi connectivity index (χ1) is 11.3. The highest BCUT2D eigenvalue weighted by Gasteiger charge is 2.37. The van der Waals surface area contributed by atoms with Gasteiger partial charge in [0.05, 0.1) is 41.1 Å². The maximum atomic E-state index is 12.5. The first-order valence-electron chi connectivity index (χ1n) is 7.77. The van der Waals surface area contributed by atoms with Gasteiger partial charge in [-0.3, -0.25) is 4.98 Å². The summed E-state index contributed by atoms with van der Waals surface area (Å²) in [6.45, 7) is 4.16. The van der Waals surface area contributed by atoms with Crippen molar-refractivity contribution >= 4 is 10.2 Å². The second-order valence-corrected chi connectivity index (χ2v) is 8.18. The smallest absolute Gasteiger partial charge is 0.282 e. The molecule has 0 amide bonds. The van der Waals surface area contributed by atoms with Gasteiger partial charge in [0.2, 0.25) is 0 Å². The van der Waals surface area contributed by atoms with Gasteiger partial charge in [-0.1, -0.05) is 5.16 Å². The van der Waals surface area contributed by atoms with E-state index in [0.717, 1.165) is 24.1 Å². The molecule has 1 saturated heterocycles. The van der Waals surface area contributed by atoms with E-state index in [2.05, 4.69) is 15.1 Å². The van der Waals surface area contributed by atoms with Crippen LogP contribution in [0.1, 0.15) is 36.0 Å². The molecule has 9 heteroatoms. The second-order valence-electron chi connectivity index (χ2n) is 6.09. The first kappa shape index (κ1) is 17.0. The van der Waals surface area contributed by atoms with E-state index in [9.17, 15) is 8.42 Å². The van der Waals surface area contributed by atoms with Gasteiger partial charge >= 0.3 is 0 Å². The van der Waals surface area contributed by atoms with Crippen LogP contribution in [0.5, 0.6) is 0 Å². The fourth-order valence-electron chi connectivity index (χ4n) is 3.03. The van der Waals surface area contributed by atoms with Crippen LogP contribution in [0.3, 0.4) is 0 Å². The van der Waals surface area contributed by atoms with Crippen LogP contribution >= 0.6 is 0 Å². The van der Waals surface area contributed by atoms with Gasteiger partial charge in [0.15, 0.2) is 0 Å². The highest BCUT2D eigenvalue weighted by atomic mass is 32.2. The first-order valence-corrected chi connectivity index (χ1v) is 9.16. The number of nitrogens with zero attached hydrogens (tertiary/aromatic N) is 5. The van der Waals surface area contributed by atoms with Crippen LogP contribution in [-0.4, -0.2) is 52.8 Å². The number of hydrogen-bond acceptors (Lipinski definition) is 6. The van der Waals surface area contributed by atoms with Crippen LogP contribution in [0.2, 0.25) is 0 Å². The molecule has 0 aromatic carbocycles. The largest absolute Gasteiger partial charge is 0.361 e. The molecule has 0 bridgehead atoms. The van der Waals surface area contributed by atoms with E-state index >= 15 is 0 Å². The van der Waals surface area contributed by atoms with Gasteiger partial charge in [0.25, 0.3) is 10.2 Å². The lowest BCUT2D eigenvalue weighted by atomic mass is 10.1. The highest BCUT2D eigenvalue weighted by molar-refractivity contribution is 7.86. The molecule has 2 aromatic rings. The SMILES string of the molecule is Cc1noc(C)c1-c1cncc(C2CCCN2S(=O)(=O)N(C)C)n1. The highest BCUT2D eigenvalue weighted by Crippen LogP contribution is 2.35. The maximum absolute atomic E-state index is 12.5. The van der Waals surface area contributed by atoms with Crippen molar-refractivity contribution in [1.29, 1.82) is 0 Å². The van der Waals surface area contributed by atoms with E-state index < -0.39 is 10.2 Å². The lowest BCUT2D eigenvalue weighted by Crippen LogP contribution is -2.39. The van der Waals surface area contributed by atoms with Gasteiger partial charge in [-0.05, 0) is 26.7 Å². The Morgan fingerprint density at radius 2 is 2.04 bits per heavy atom. The summed E-state index contributed by atoms with van der Waals surface area (Å²) in [5.41, 5.74) is 2.85. The Balaban J connectivity index is 2.00. The molecule has 1 aliphatic heterocycles. The molecule has 1 unspecified atom stereocenters. The third kappa shape index (κ3) is 2.83. The second kappa shape index (κ2) is 6.23. The van der Waals surface area contributed by atoms with Gasteiger partial charge in [-0.2, -0.15) is 17.0 Å². The Bertz CT molecular complexity index is 827. The topological polar surface area (TPSA) is 92.4 Å². The normalized spacial score (nSPS) is 19.3. The minimum absolute atomic E-state index is 0.301. The van der Waals surface area contributed by atoms with Gasteiger partial charge < -0.3 is 4.52 Å². The lowest BCUT2D eigenvalue weighted by Gasteiger charge is -2.26. The van der Waals surface area contributed by atoms with Gasteiger partial charge in [-0.25, -0.2) is 4.98 Å². The van der Waals surface area contributed by atoms with Crippen molar-refractivity contribution in [3.63, 3.8) is 0 Å². The molecule has 1 fully saturated rings. The van der Waals surface area contributed by atoms with Crippen LogP contribution in [0, 0.1) is 13.8 Å². The zero-order valence-electron chi connectivity index (χ0n) is 14.2. The van der Waals surface area contributed by atoms with Crippen LogP contribution in [-0.2, 0) is 10.2 Å². The van der Waals surface area contributed by atoms with Gasteiger partial charge in [0.1, 0.15) is 5.76 Å². The van der Waals surface area contributed by atoms with Crippen molar-refractivity contribution in [2.24, 2.45) is 0 Å². The Kier molecular flexibility index (Phi) is 4.41. The van der Waals surface area contributed by atoms with E-state index in [0.29, 0.717) is 23.7 Å². The maximum Gasteiger partial charge on any atom is 0.282 e. The molecule has 0 spiro atoms. The zero-order valence-corrected chi connectivity index (χ0v) is 15.0. The Labute approximate surface area is 141 Å². The van der Waals surface area contributed by atoms with E-state index in [1.807, 2.05) is 13.8 Å².